The quantitative estimate of drug-likeness (QED) is 0.774. The maximum atomic E-state index is 4.33. The van der Waals surface area contributed by atoms with E-state index in [0.717, 1.165) is 22.9 Å². The fourth-order valence-corrected chi connectivity index (χ4v) is 1.96. The first-order chi connectivity index (χ1) is 9.25. The molecule has 0 aliphatic rings. The van der Waals surface area contributed by atoms with Crippen LogP contribution >= 0.6 is 0 Å². The van der Waals surface area contributed by atoms with Gasteiger partial charge in [0.2, 0.25) is 5.65 Å². The maximum Gasteiger partial charge on any atom is 0.203 e. The van der Waals surface area contributed by atoms with E-state index < -0.39 is 0 Å². The summed E-state index contributed by atoms with van der Waals surface area (Å²) in [4.78, 5) is 8.45. The van der Waals surface area contributed by atoms with Gasteiger partial charge < -0.3 is 5.32 Å². The van der Waals surface area contributed by atoms with Crippen molar-refractivity contribution in [3.63, 3.8) is 0 Å². The molecular weight excluding hydrogens is 240 g/mol. The van der Waals surface area contributed by atoms with Crippen molar-refractivity contribution in [2.75, 3.05) is 5.32 Å². The van der Waals surface area contributed by atoms with Crippen LogP contribution in [0.4, 0.5) is 5.82 Å². The van der Waals surface area contributed by atoms with Gasteiger partial charge in [-0.1, -0.05) is 6.07 Å². The molecule has 0 aliphatic carbocycles. The Morgan fingerprint density at radius 1 is 1.26 bits per heavy atom. The smallest absolute Gasteiger partial charge is 0.203 e. The first-order valence-corrected chi connectivity index (χ1v) is 6.08. The first kappa shape index (κ1) is 11.6. The number of nitrogens with zero attached hydrogens (tertiary/aromatic N) is 5. The number of aromatic nitrogens is 5. The lowest BCUT2D eigenvalue weighted by atomic mass is 10.1. The number of hydrogen-bond donors (Lipinski definition) is 1. The number of nitrogens with one attached hydrogen (secondary N) is 1. The highest BCUT2D eigenvalue weighted by atomic mass is 15.3. The van der Waals surface area contributed by atoms with E-state index in [2.05, 4.69) is 32.4 Å². The summed E-state index contributed by atoms with van der Waals surface area (Å²) in [6, 6.07) is 4.05. The Morgan fingerprint density at radius 2 is 2.16 bits per heavy atom. The van der Waals surface area contributed by atoms with Crippen LogP contribution < -0.4 is 5.32 Å². The van der Waals surface area contributed by atoms with Gasteiger partial charge in [0.05, 0.1) is 6.04 Å². The number of hydrogen-bond acceptors (Lipinski definition) is 5. The molecule has 1 unspecified atom stereocenters. The molecule has 3 rings (SSSR count). The SMILES string of the molecule is Cc1nnc2c(NC(C)c3cccnc3)nccn12. The van der Waals surface area contributed by atoms with E-state index in [4.69, 9.17) is 0 Å². The molecule has 0 saturated heterocycles. The Bertz CT molecular complexity index is 691. The minimum absolute atomic E-state index is 0.101. The molecule has 1 atom stereocenters. The summed E-state index contributed by atoms with van der Waals surface area (Å²) in [6.45, 7) is 3.97. The van der Waals surface area contributed by atoms with Crippen LogP contribution in [0.5, 0.6) is 0 Å². The van der Waals surface area contributed by atoms with Crippen molar-refractivity contribution in [1.29, 1.82) is 0 Å². The molecule has 1 N–H and O–H groups in total. The lowest BCUT2D eigenvalue weighted by Crippen LogP contribution is -2.09. The first-order valence-electron chi connectivity index (χ1n) is 6.08. The summed E-state index contributed by atoms with van der Waals surface area (Å²) < 4.78 is 1.91. The Hall–Kier alpha value is -2.50. The van der Waals surface area contributed by atoms with Crippen LogP contribution in [-0.2, 0) is 0 Å². The second-order valence-electron chi connectivity index (χ2n) is 4.37. The van der Waals surface area contributed by atoms with E-state index in [1.807, 2.05) is 35.9 Å². The van der Waals surface area contributed by atoms with Crippen LogP contribution in [0, 0.1) is 6.92 Å². The van der Waals surface area contributed by atoms with Crippen molar-refractivity contribution in [2.24, 2.45) is 0 Å². The van der Waals surface area contributed by atoms with E-state index in [1.165, 1.54) is 0 Å². The third-order valence-electron chi connectivity index (χ3n) is 3.04. The van der Waals surface area contributed by atoms with Gasteiger partial charge in [0, 0.05) is 24.8 Å². The molecule has 0 aromatic carbocycles. The molecule has 0 bridgehead atoms. The van der Waals surface area contributed by atoms with Gasteiger partial charge in [0.25, 0.3) is 0 Å². The number of anilines is 1. The van der Waals surface area contributed by atoms with Crippen LogP contribution in [0.1, 0.15) is 24.4 Å². The summed E-state index contributed by atoms with van der Waals surface area (Å²) in [6.07, 6.45) is 7.19. The lowest BCUT2D eigenvalue weighted by Gasteiger charge is -2.14. The standard InChI is InChI=1S/C13H14N6/c1-9(11-4-3-5-14-8-11)16-12-13-18-17-10(2)19(13)7-6-15-12/h3-9H,1-2H3,(H,15,16). The monoisotopic (exact) mass is 254 g/mol. The predicted molar refractivity (Wildman–Crippen MR) is 71.8 cm³/mol. The maximum absolute atomic E-state index is 4.33. The molecule has 0 aliphatic heterocycles. The van der Waals surface area contributed by atoms with Crippen LogP contribution in [0.25, 0.3) is 5.65 Å². The number of pyridine rings is 1. The minimum atomic E-state index is 0.101. The third kappa shape index (κ3) is 2.12. The van der Waals surface area contributed by atoms with Crippen molar-refractivity contribution >= 4 is 11.5 Å². The average Bonchev–Trinajstić information content (AvgIpc) is 2.83. The zero-order chi connectivity index (χ0) is 13.2. The molecular formula is C13H14N6. The molecule has 0 amide bonds. The van der Waals surface area contributed by atoms with Crippen molar-refractivity contribution in [3.05, 3.63) is 48.3 Å². The summed E-state index contributed by atoms with van der Waals surface area (Å²) in [5.74, 6) is 1.56. The van der Waals surface area contributed by atoms with Gasteiger partial charge in [-0.25, -0.2) is 4.98 Å². The van der Waals surface area contributed by atoms with Gasteiger partial charge in [-0.3, -0.25) is 9.38 Å². The minimum Gasteiger partial charge on any atom is -0.360 e. The molecule has 6 nitrogen and oxygen atoms in total. The van der Waals surface area contributed by atoms with E-state index in [9.17, 15) is 0 Å². The largest absolute Gasteiger partial charge is 0.360 e. The average molecular weight is 254 g/mol. The molecule has 0 fully saturated rings. The van der Waals surface area contributed by atoms with Crippen molar-refractivity contribution in [1.82, 2.24) is 24.6 Å². The fourth-order valence-electron chi connectivity index (χ4n) is 1.96. The normalized spacial score (nSPS) is 12.5. The van der Waals surface area contributed by atoms with E-state index in [1.54, 1.807) is 12.4 Å². The van der Waals surface area contributed by atoms with Gasteiger partial charge in [0.1, 0.15) is 5.82 Å². The summed E-state index contributed by atoms with van der Waals surface area (Å²) in [7, 11) is 0. The highest BCUT2D eigenvalue weighted by molar-refractivity contribution is 5.62. The Balaban J connectivity index is 1.93. The van der Waals surface area contributed by atoms with Crippen LogP contribution in [0.2, 0.25) is 0 Å². The highest BCUT2D eigenvalue weighted by Crippen LogP contribution is 2.19. The number of fused-ring (bicyclic) bond motifs is 1. The van der Waals surface area contributed by atoms with Gasteiger partial charge >= 0.3 is 0 Å². The molecule has 3 aromatic rings. The molecule has 0 radical (unpaired) electrons. The summed E-state index contributed by atoms with van der Waals surface area (Å²) >= 11 is 0. The lowest BCUT2D eigenvalue weighted by molar-refractivity contribution is 0.863. The Labute approximate surface area is 110 Å². The second kappa shape index (κ2) is 4.64. The van der Waals surface area contributed by atoms with Crippen molar-refractivity contribution in [3.8, 4) is 0 Å². The summed E-state index contributed by atoms with van der Waals surface area (Å²) in [5.41, 5.74) is 1.83. The van der Waals surface area contributed by atoms with Crippen LogP contribution in [-0.4, -0.2) is 24.6 Å². The van der Waals surface area contributed by atoms with E-state index >= 15 is 0 Å². The highest BCUT2D eigenvalue weighted by Gasteiger charge is 2.11. The number of rotatable bonds is 3. The molecule has 19 heavy (non-hydrogen) atoms. The zero-order valence-electron chi connectivity index (χ0n) is 10.8. The van der Waals surface area contributed by atoms with E-state index in [0.29, 0.717) is 0 Å². The third-order valence-corrected chi connectivity index (χ3v) is 3.04. The molecule has 3 aromatic heterocycles. The molecule has 3 heterocycles. The molecule has 6 heteroatoms. The molecule has 96 valence electrons. The van der Waals surface area contributed by atoms with Crippen molar-refractivity contribution in [2.45, 2.75) is 19.9 Å². The van der Waals surface area contributed by atoms with Crippen LogP contribution in [0.3, 0.4) is 0 Å². The zero-order valence-corrected chi connectivity index (χ0v) is 10.8. The van der Waals surface area contributed by atoms with Gasteiger partial charge in [-0.15, -0.1) is 10.2 Å². The molecule has 0 saturated carbocycles. The summed E-state index contributed by atoms with van der Waals surface area (Å²) in [5, 5.41) is 11.5. The predicted octanol–water partition coefficient (Wildman–Crippen LogP) is 2.00. The van der Waals surface area contributed by atoms with E-state index in [-0.39, 0.29) is 6.04 Å². The van der Waals surface area contributed by atoms with Gasteiger partial charge in [0.15, 0.2) is 5.82 Å². The Morgan fingerprint density at radius 3 is 2.95 bits per heavy atom. The van der Waals surface area contributed by atoms with Crippen molar-refractivity contribution < 1.29 is 0 Å². The topological polar surface area (TPSA) is 68.0 Å². The molecule has 0 spiro atoms. The fraction of sp³-hybridized carbons (Fsp3) is 0.231. The number of aryl methyl sites for hydroxylation is 1. The van der Waals surface area contributed by atoms with Gasteiger partial charge in [-0.2, -0.15) is 0 Å². The Kier molecular flexibility index (Phi) is 2.83. The van der Waals surface area contributed by atoms with Crippen LogP contribution in [0.15, 0.2) is 36.9 Å². The van der Waals surface area contributed by atoms with Gasteiger partial charge in [-0.05, 0) is 25.5 Å². The second-order valence-corrected chi connectivity index (χ2v) is 4.37.